The summed E-state index contributed by atoms with van der Waals surface area (Å²) in [6.07, 6.45) is 3.42. The van der Waals surface area contributed by atoms with Crippen molar-refractivity contribution >= 4 is 16.6 Å². The highest BCUT2D eigenvalue weighted by Crippen LogP contribution is 2.34. The van der Waals surface area contributed by atoms with Crippen LogP contribution < -0.4 is 9.64 Å². The number of piperazine rings is 1. The van der Waals surface area contributed by atoms with Gasteiger partial charge in [0.05, 0.1) is 24.4 Å². The molecule has 1 fully saturated rings. The lowest BCUT2D eigenvalue weighted by atomic mass is 10.0. The van der Waals surface area contributed by atoms with E-state index in [1.165, 1.54) is 17.7 Å². The van der Waals surface area contributed by atoms with Crippen LogP contribution in [0.25, 0.3) is 10.9 Å². The highest BCUT2D eigenvalue weighted by molar-refractivity contribution is 5.82. The van der Waals surface area contributed by atoms with Crippen LogP contribution in [-0.2, 0) is 17.7 Å². The molecule has 7 heteroatoms. The number of anilines is 1. The second kappa shape index (κ2) is 8.64. The number of benzene rings is 2. The van der Waals surface area contributed by atoms with Crippen LogP contribution in [0.2, 0.25) is 0 Å². The molecule has 2 atom stereocenters. The summed E-state index contributed by atoms with van der Waals surface area (Å²) in [7, 11) is 1.68. The fourth-order valence-corrected chi connectivity index (χ4v) is 4.79. The van der Waals surface area contributed by atoms with Gasteiger partial charge in [-0.1, -0.05) is 6.92 Å². The topological polar surface area (TPSA) is 37.8 Å². The Morgan fingerprint density at radius 1 is 1.16 bits per heavy atom. The van der Waals surface area contributed by atoms with Crippen LogP contribution in [0.4, 0.5) is 14.5 Å². The number of rotatable bonds is 3. The average molecular weight is 440 g/mol. The lowest BCUT2D eigenvalue weighted by molar-refractivity contribution is -0.0750. The number of aryl methyl sites for hydroxylation is 1. The maximum Gasteiger partial charge on any atom is 0.149 e. The number of pyridine rings is 1. The Bertz CT molecular complexity index is 1140. The van der Waals surface area contributed by atoms with Crippen LogP contribution in [0.3, 0.4) is 0 Å². The van der Waals surface area contributed by atoms with Crippen LogP contribution in [-0.4, -0.2) is 49.0 Å². The summed E-state index contributed by atoms with van der Waals surface area (Å²) in [5.41, 5.74) is 3.62. The first kappa shape index (κ1) is 21.1. The van der Waals surface area contributed by atoms with Gasteiger partial charge in [-0.05, 0) is 48.7 Å². The minimum absolute atomic E-state index is 0.109. The van der Waals surface area contributed by atoms with E-state index in [9.17, 15) is 8.78 Å². The molecule has 0 bridgehead atoms. The van der Waals surface area contributed by atoms with Gasteiger partial charge in [-0.15, -0.1) is 0 Å². The Kier molecular flexibility index (Phi) is 5.69. The normalized spacial score (nSPS) is 21.4. The molecule has 3 heterocycles. The van der Waals surface area contributed by atoms with E-state index >= 15 is 0 Å². The second-order valence-corrected chi connectivity index (χ2v) is 8.50. The number of nitrogens with zero attached hydrogens (tertiary/aromatic N) is 3. The molecule has 0 saturated carbocycles. The van der Waals surface area contributed by atoms with Crippen molar-refractivity contribution in [3.63, 3.8) is 0 Å². The van der Waals surface area contributed by atoms with Crippen LogP contribution >= 0.6 is 0 Å². The van der Waals surface area contributed by atoms with Crippen molar-refractivity contribution in [2.75, 3.05) is 31.7 Å². The van der Waals surface area contributed by atoms with Crippen molar-refractivity contribution in [1.82, 2.24) is 9.88 Å². The van der Waals surface area contributed by atoms with Crippen molar-refractivity contribution in [2.24, 2.45) is 0 Å². The fourth-order valence-electron chi connectivity index (χ4n) is 4.79. The smallest absolute Gasteiger partial charge is 0.149 e. The molecule has 0 radical (unpaired) electrons. The lowest BCUT2D eigenvalue weighted by Gasteiger charge is -2.47. The molecule has 3 aromatic rings. The maximum atomic E-state index is 14.5. The van der Waals surface area contributed by atoms with Crippen LogP contribution in [0.1, 0.15) is 24.5 Å². The number of halogens is 2. The number of hydrogen-bond acceptors (Lipinski definition) is 5. The van der Waals surface area contributed by atoms with E-state index in [0.29, 0.717) is 31.9 Å². The Hall–Kier alpha value is -2.77. The van der Waals surface area contributed by atoms with Crippen LogP contribution in [0, 0.1) is 11.6 Å². The van der Waals surface area contributed by atoms with Crippen molar-refractivity contribution in [3.05, 3.63) is 65.4 Å². The van der Waals surface area contributed by atoms with E-state index in [0.717, 1.165) is 41.1 Å². The van der Waals surface area contributed by atoms with Gasteiger partial charge < -0.3 is 14.4 Å². The van der Waals surface area contributed by atoms with Crippen molar-refractivity contribution in [1.29, 1.82) is 0 Å². The molecule has 32 heavy (non-hydrogen) atoms. The Balaban J connectivity index is 1.46. The molecule has 0 amide bonds. The lowest BCUT2D eigenvalue weighted by Crippen LogP contribution is -2.59. The molecule has 0 N–H and O–H groups in total. The Labute approximate surface area is 186 Å². The van der Waals surface area contributed by atoms with Gasteiger partial charge in [0.15, 0.2) is 0 Å². The molecule has 0 aliphatic carbocycles. The summed E-state index contributed by atoms with van der Waals surface area (Å²) in [5, 5.41) is 1.08. The minimum atomic E-state index is -0.573. The van der Waals surface area contributed by atoms with Gasteiger partial charge in [0.1, 0.15) is 23.6 Å². The van der Waals surface area contributed by atoms with Gasteiger partial charge in [-0.25, -0.2) is 8.78 Å². The number of fused-ring (bicyclic) bond motifs is 3. The van der Waals surface area contributed by atoms with E-state index in [4.69, 9.17) is 9.47 Å². The van der Waals surface area contributed by atoms with E-state index in [1.807, 2.05) is 11.1 Å². The van der Waals surface area contributed by atoms with E-state index in [1.54, 1.807) is 7.11 Å². The molecule has 2 aromatic carbocycles. The summed E-state index contributed by atoms with van der Waals surface area (Å²) in [6.45, 7) is 4.45. The van der Waals surface area contributed by atoms with Crippen molar-refractivity contribution in [3.8, 4) is 5.75 Å². The molecule has 0 spiro atoms. The van der Waals surface area contributed by atoms with E-state index < -0.39 is 11.6 Å². The molecule has 5 nitrogen and oxygen atoms in total. The van der Waals surface area contributed by atoms with Crippen LogP contribution in [0.5, 0.6) is 5.75 Å². The standard InChI is InChI=1S/C25H27F2N3O2/c1-3-16-8-17-10-24-18(9-22(17)28-12-16)13-30-20(6-7-32-24)14-29(15-25(30)31-2)23-5-4-19(26)11-21(23)27/h4-5,8-12,20,25H,3,6-7,13-15H2,1-2H3/t20?,25-/m1/s1. The molecule has 2 aliphatic rings. The third-order valence-electron chi connectivity index (χ3n) is 6.56. The first-order chi connectivity index (χ1) is 15.6. The summed E-state index contributed by atoms with van der Waals surface area (Å²) in [5.74, 6) is -0.242. The summed E-state index contributed by atoms with van der Waals surface area (Å²) in [6, 6.07) is 10.2. The zero-order valence-electron chi connectivity index (χ0n) is 18.4. The molecular formula is C25H27F2N3O2. The third-order valence-corrected chi connectivity index (χ3v) is 6.56. The molecule has 2 aliphatic heterocycles. The highest BCUT2D eigenvalue weighted by Gasteiger charge is 2.37. The summed E-state index contributed by atoms with van der Waals surface area (Å²) < 4.78 is 39.9. The summed E-state index contributed by atoms with van der Waals surface area (Å²) in [4.78, 5) is 8.91. The van der Waals surface area contributed by atoms with Gasteiger partial charge in [0.2, 0.25) is 0 Å². The highest BCUT2D eigenvalue weighted by atomic mass is 19.1. The number of aromatic nitrogens is 1. The zero-order valence-corrected chi connectivity index (χ0v) is 18.4. The third kappa shape index (κ3) is 3.91. The number of ether oxygens (including phenoxy) is 2. The molecule has 1 unspecified atom stereocenters. The minimum Gasteiger partial charge on any atom is -0.493 e. The number of methoxy groups -OCH3 is 1. The average Bonchev–Trinajstić information content (AvgIpc) is 2.78. The molecule has 1 aromatic heterocycles. The maximum absolute atomic E-state index is 14.5. The fraction of sp³-hybridized carbons (Fsp3) is 0.400. The predicted molar refractivity (Wildman–Crippen MR) is 120 cm³/mol. The van der Waals surface area contributed by atoms with Crippen molar-refractivity contribution in [2.45, 2.75) is 38.6 Å². The SMILES string of the molecule is CCc1cnc2cc3c(cc2c1)OCCC1CN(c2ccc(F)cc2F)C[C@@H](OC)N1C3. The Morgan fingerprint density at radius 2 is 2.03 bits per heavy atom. The molecule has 1 saturated heterocycles. The summed E-state index contributed by atoms with van der Waals surface area (Å²) >= 11 is 0. The quantitative estimate of drug-likeness (QED) is 0.600. The second-order valence-electron chi connectivity index (χ2n) is 8.50. The Morgan fingerprint density at radius 3 is 2.81 bits per heavy atom. The monoisotopic (exact) mass is 439 g/mol. The van der Waals surface area contributed by atoms with Crippen molar-refractivity contribution < 1.29 is 18.3 Å². The molecular weight excluding hydrogens is 412 g/mol. The first-order valence-corrected chi connectivity index (χ1v) is 11.1. The van der Waals surface area contributed by atoms with Crippen LogP contribution in [0.15, 0.2) is 42.6 Å². The molecule has 5 rings (SSSR count). The van der Waals surface area contributed by atoms with Gasteiger partial charge in [0, 0.05) is 49.5 Å². The first-order valence-electron chi connectivity index (χ1n) is 11.1. The van der Waals surface area contributed by atoms with E-state index in [-0.39, 0.29) is 12.3 Å². The zero-order chi connectivity index (χ0) is 22.2. The van der Waals surface area contributed by atoms with Gasteiger partial charge in [0.25, 0.3) is 0 Å². The predicted octanol–water partition coefficient (Wildman–Crippen LogP) is 4.52. The van der Waals surface area contributed by atoms with E-state index in [2.05, 4.69) is 35.0 Å². The largest absolute Gasteiger partial charge is 0.493 e. The number of hydrogen-bond donors (Lipinski definition) is 0. The van der Waals surface area contributed by atoms with Gasteiger partial charge in [-0.3, -0.25) is 9.88 Å². The van der Waals surface area contributed by atoms with Gasteiger partial charge >= 0.3 is 0 Å². The molecule has 168 valence electrons. The van der Waals surface area contributed by atoms with Gasteiger partial charge in [-0.2, -0.15) is 0 Å².